The summed E-state index contributed by atoms with van der Waals surface area (Å²) in [6.07, 6.45) is 0.796. The van der Waals surface area contributed by atoms with Crippen molar-refractivity contribution in [1.82, 2.24) is 0 Å². The summed E-state index contributed by atoms with van der Waals surface area (Å²) >= 11 is 12.1. The van der Waals surface area contributed by atoms with E-state index in [0.29, 0.717) is 28.8 Å². The van der Waals surface area contributed by atoms with Gasteiger partial charge in [-0.1, -0.05) is 60.5 Å². The fraction of sp³-hybridized carbons (Fsp3) is 0.294. The summed E-state index contributed by atoms with van der Waals surface area (Å²) in [6, 6.07) is 15.6. The number of benzene rings is 2. The van der Waals surface area contributed by atoms with Crippen LogP contribution in [0.4, 0.5) is 0 Å². The van der Waals surface area contributed by atoms with Crippen molar-refractivity contribution in [2.24, 2.45) is 0 Å². The Labute approximate surface area is 130 Å². The lowest BCUT2D eigenvalue weighted by molar-refractivity contribution is 0.157. The lowest BCUT2D eigenvalue weighted by Gasteiger charge is -2.17. The number of halogens is 2. The average molecular weight is 309 g/mol. The normalized spacial score (nSPS) is 14.0. The molecule has 2 atom stereocenters. The van der Waals surface area contributed by atoms with Gasteiger partial charge in [-0.25, -0.2) is 0 Å². The van der Waals surface area contributed by atoms with Gasteiger partial charge in [0.25, 0.3) is 0 Å². The maximum atomic E-state index is 10.2. The molecule has 0 fully saturated rings. The smallest absolute Gasteiger partial charge is 0.0586 e. The van der Waals surface area contributed by atoms with Crippen molar-refractivity contribution in [3.8, 4) is 0 Å². The molecule has 2 unspecified atom stereocenters. The highest BCUT2D eigenvalue weighted by molar-refractivity contribution is 6.33. The quantitative estimate of drug-likeness (QED) is 0.815. The van der Waals surface area contributed by atoms with Crippen LogP contribution < -0.4 is 0 Å². The van der Waals surface area contributed by atoms with Crippen molar-refractivity contribution in [1.29, 1.82) is 0 Å². The topological polar surface area (TPSA) is 20.2 Å². The molecule has 0 heterocycles. The molecule has 2 rings (SSSR count). The molecular weight excluding hydrogens is 291 g/mol. The van der Waals surface area contributed by atoms with E-state index in [9.17, 15) is 5.11 Å². The van der Waals surface area contributed by atoms with Gasteiger partial charge >= 0.3 is 0 Å². The zero-order valence-electron chi connectivity index (χ0n) is 11.4. The van der Waals surface area contributed by atoms with Gasteiger partial charge in [-0.15, -0.1) is 0 Å². The van der Waals surface area contributed by atoms with Crippen LogP contribution in [-0.2, 0) is 6.42 Å². The molecule has 0 radical (unpaired) electrons. The highest BCUT2D eigenvalue weighted by atomic mass is 35.5. The van der Waals surface area contributed by atoms with E-state index in [2.05, 4.69) is 19.1 Å². The van der Waals surface area contributed by atoms with Gasteiger partial charge in [-0.05, 0) is 48.1 Å². The zero-order valence-corrected chi connectivity index (χ0v) is 12.9. The van der Waals surface area contributed by atoms with Gasteiger partial charge in [-0.2, -0.15) is 0 Å². The van der Waals surface area contributed by atoms with Gasteiger partial charge in [0, 0.05) is 10.0 Å². The summed E-state index contributed by atoms with van der Waals surface area (Å²) in [5.41, 5.74) is 2.13. The number of aliphatic hydroxyl groups is 1. The minimum absolute atomic E-state index is 0.309. The van der Waals surface area contributed by atoms with Crippen molar-refractivity contribution >= 4 is 23.2 Å². The number of rotatable bonds is 5. The predicted molar refractivity (Wildman–Crippen MR) is 85.6 cm³/mol. The fourth-order valence-electron chi connectivity index (χ4n) is 2.36. The first kappa shape index (κ1) is 15.4. The van der Waals surface area contributed by atoms with Gasteiger partial charge in [0.1, 0.15) is 0 Å². The third-order valence-corrected chi connectivity index (χ3v) is 4.06. The largest absolute Gasteiger partial charge is 0.393 e. The van der Waals surface area contributed by atoms with Crippen LogP contribution in [0.2, 0.25) is 10.0 Å². The first-order valence-corrected chi connectivity index (χ1v) is 7.49. The SMILES string of the molecule is CC(CC(O)Cc1cc(Cl)ccc1Cl)c1ccccc1. The van der Waals surface area contributed by atoms with Gasteiger partial charge in [0.2, 0.25) is 0 Å². The van der Waals surface area contributed by atoms with Gasteiger partial charge in [0.15, 0.2) is 0 Å². The fourth-order valence-corrected chi connectivity index (χ4v) is 2.75. The van der Waals surface area contributed by atoms with Crippen LogP contribution in [0, 0.1) is 0 Å². The van der Waals surface area contributed by atoms with Crippen LogP contribution in [0.3, 0.4) is 0 Å². The van der Waals surface area contributed by atoms with E-state index >= 15 is 0 Å². The maximum Gasteiger partial charge on any atom is 0.0586 e. The van der Waals surface area contributed by atoms with E-state index in [0.717, 1.165) is 5.56 Å². The molecule has 2 aromatic rings. The van der Waals surface area contributed by atoms with Crippen LogP contribution in [-0.4, -0.2) is 11.2 Å². The summed E-state index contributed by atoms with van der Waals surface area (Å²) in [6.45, 7) is 2.12. The number of hydrogen-bond donors (Lipinski definition) is 1. The van der Waals surface area contributed by atoms with Crippen molar-refractivity contribution in [3.05, 3.63) is 69.7 Å². The van der Waals surface area contributed by atoms with Crippen molar-refractivity contribution < 1.29 is 5.11 Å². The predicted octanol–water partition coefficient (Wildman–Crippen LogP) is 5.09. The lowest BCUT2D eigenvalue weighted by Crippen LogP contribution is -2.14. The third-order valence-electron chi connectivity index (χ3n) is 3.46. The highest BCUT2D eigenvalue weighted by Gasteiger charge is 2.14. The second kappa shape index (κ2) is 7.12. The molecule has 0 aliphatic heterocycles. The third kappa shape index (κ3) is 4.24. The Hall–Kier alpha value is -1.02. The molecule has 20 heavy (non-hydrogen) atoms. The van der Waals surface area contributed by atoms with Crippen molar-refractivity contribution in [2.45, 2.75) is 31.8 Å². The first-order chi connectivity index (χ1) is 9.56. The van der Waals surface area contributed by atoms with Crippen LogP contribution in [0.5, 0.6) is 0 Å². The molecule has 1 nitrogen and oxygen atoms in total. The van der Waals surface area contributed by atoms with Gasteiger partial charge < -0.3 is 5.11 Å². The summed E-state index contributed by atoms with van der Waals surface area (Å²) in [5.74, 6) is 0.309. The summed E-state index contributed by atoms with van der Waals surface area (Å²) in [5, 5.41) is 11.5. The molecular formula is C17H18Cl2O. The Morgan fingerprint density at radius 3 is 2.45 bits per heavy atom. The van der Waals surface area contributed by atoms with Crippen LogP contribution in [0.1, 0.15) is 30.4 Å². The van der Waals surface area contributed by atoms with Crippen LogP contribution in [0.25, 0.3) is 0 Å². The second-order valence-corrected chi connectivity index (χ2v) is 5.98. The number of aliphatic hydroxyl groups excluding tert-OH is 1. The monoisotopic (exact) mass is 308 g/mol. The lowest BCUT2D eigenvalue weighted by atomic mass is 9.92. The Morgan fingerprint density at radius 2 is 1.75 bits per heavy atom. The molecule has 0 spiro atoms. The molecule has 0 aromatic heterocycles. The Kier molecular flexibility index (Phi) is 5.47. The molecule has 106 valence electrons. The molecule has 2 aromatic carbocycles. The minimum Gasteiger partial charge on any atom is -0.393 e. The average Bonchev–Trinajstić information content (AvgIpc) is 2.43. The van der Waals surface area contributed by atoms with Crippen molar-refractivity contribution in [2.75, 3.05) is 0 Å². The van der Waals surface area contributed by atoms with Gasteiger partial charge in [-0.3, -0.25) is 0 Å². The Bertz CT molecular complexity index is 554. The second-order valence-electron chi connectivity index (χ2n) is 5.14. The molecule has 0 bridgehead atoms. The van der Waals surface area contributed by atoms with Crippen LogP contribution in [0.15, 0.2) is 48.5 Å². The molecule has 0 amide bonds. The van der Waals surface area contributed by atoms with E-state index in [1.54, 1.807) is 12.1 Å². The molecule has 0 aliphatic rings. The number of hydrogen-bond acceptors (Lipinski definition) is 1. The summed E-state index contributed by atoms with van der Waals surface area (Å²) in [7, 11) is 0. The molecule has 1 N–H and O–H groups in total. The van der Waals surface area contributed by atoms with E-state index in [-0.39, 0.29) is 0 Å². The van der Waals surface area contributed by atoms with Gasteiger partial charge in [0.05, 0.1) is 6.10 Å². The Morgan fingerprint density at radius 1 is 1.05 bits per heavy atom. The minimum atomic E-state index is -0.429. The highest BCUT2D eigenvalue weighted by Crippen LogP contribution is 2.25. The summed E-state index contributed by atoms with van der Waals surface area (Å²) < 4.78 is 0. The molecule has 0 aliphatic carbocycles. The van der Waals surface area contributed by atoms with E-state index in [1.165, 1.54) is 5.56 Å². The van der Waals surface area contributed by atoms with Crippen molar-refractivity contribution in [3.63, 3.8) is 0 Å². The van der Waals surface area contributed by atoms with E-state index in [4.69, 9.17) is 23.2 Å². The zero-order chi connectivity index (χ0) is 14.5. The van der Waals surface area contributed by atoms with E-state index < -0.39 is 6.10 Å². The molecule has 0 saturated heterocycles. The standard InChI is InChI=1S/C17H18Cl2O/c1-12(13-5-3-2-4-6-13)9-16(20)11-14-10-15(18)7-8-17(14)19/h2-8,10,12,16,20H,9,11H2,1H3. The first-order valence-electron chi connectivity index (χ1n) is 6.73. The summed E-state index contributed by atoms with van der Waals surface area (Å²) in [4.78, 5) is 0. The van der Waals surface area contributed by atoms with E-state index in [1.807, 2.05) is 24.3 Å². The van der Waals surface area contributed by atoms with Crippen LogP contribution >= 0.6 is 23.2 Å². The maximum absolute atomic E-state index is 10.2. The Balaban J connectivity index is 1.99. The molecule has 3 heteroatoms. The molecule has 0 saturated carbocycles.